The van der Waals surface area contributed by atoms with E-state index in [0.29, 0.717) is 6.04 Å². The zero-order valence-electron chi connectivity index (χ0n) is 7.42. The van der Waals surface area contributed by atoms with Crippen molar-refractivity contribution in [2.24, 2.45) is 0 Å². The van der Waals surface area contributed by atoms with Crippen LogP contribution in [-0.2, 0) is 4.79 Å². The van der Waals surface area contributed by atoms with Gasteiger partial charge in [-0.3, -0.25) is 4.79 Å². The largest absolute Gasteiger partial charge is 0.336 e. The molecule has 1 atom stereocenters. The van der Waals surface area contributed by atoms with Crippen molar-refractivity contribution >= 4 is 5.91 Å². The molecule has 0 aliphatic carbocycles. The second-order valence-electron chi connectivity index (χ2n) is 3.15. The molecule has 1 rings (SSSR count). The van der Waals surface area contributed by atoms with Crippen molar-refractivity contribution < 1.29 is 4.79 Å². The Morgan fingerprint density at radius 2 is 2.36 bits per heavy atom. The summed E-state index contributed by atoms with van der Waals surface area (Å²) in [6.45, 7) is 6.60. The third kappa shape index (κ3) is 1.62. The average Bonchev–Trinajstić information content (AvgIpc) is 2.30. The molecule has 0 radical (unpaired) electrons. The summed E-state index contributed by atoms with van der Waals surface area (Å²) in [6.07, 6.45) is 3.16. The summed E-state index contributed by atoms with van der Waals surface area (Å²) in [5.41, 5.74) is 1.38. The summed E-state index contributed by atoms with van der Waals surface area (Å²) in [7, 11) is 0. The molecule has 2 nitrogen and oxygen atoms in total. The van der Waals surface area contributed by atoms with Gasteiger partial charge in [0, 0.05) is 19.5 Å². The predicted octanol–water partition coefficient (Wildman–Crippen LogP) is 1.57. The van der Waals surface area contributed by atoms with E-state index in [0.717, 1.165) is 13.0 Å². The first-order chi connectivity index (χ1) is 5.15. The van der Waals surface area contributed by atoms with Gasteiger partial charge in [-0.2, -0.15) is 0 Å². The van der Waals surface area contributed by atoms with E-state index in [2.05, 4.69) is 13.0 Å². The van der Waals surface area contributed by atoms with Gasteiger partial charge in [-0.1, -0.05) is 11.6 Å². The normalized spacial score (nSPS) is 28.1. The molecule has 0 aromatic carbocycles. The molecule has 0 bridgehead atoms. The zero-order chi connectivity index (χ0) is 8.43. The molecule has 62 valence electrons. The number of likely N-dealkylation sites (tertiary alicyclic amines) is 1. The minimum Gasteiger partial charge on any atom is -0.336 e. The highest BCUT2D eigenvalue weighted by molar-refractivity contribution is 5.74. The lowest BCUT2D eigenvalue weighted by atomic mass is 10.2. The maximum absolute atomic E-state index is 11.0. The van der Waals surface area contributed by atoms with Crippen LogP contribution in [0.3, 0.4) is 0 Å². The second-order valence-corrected chi connectivity index (χ2v) is 3.15. The summed E-state index contributed by atoms with van der Waals surface area (Å²) in [6, 6.07) is 0.402. The third-order valence-electron chi connectivity index (χ3n) is 2.28. The van der Waals surface area contributed by atoms with Gasteiger partial charge >= 0.3 is 0 Å². The standard InChI is InChI=1S/C9H15NO/c1-4-9-5-7(2)10(6-9)8(3)11/h4,7H,5-6H2,1-3H3/b9-4+/t7-/m1/s1. The number of nitrogens with zero attached hydrogens (tertiary/aromatic N) is 1. The van der Waals surface area contributed by atoms with Crippen LogP contribution in [0.2, 0.25) is 0 Å². The number of amides is 1. The lowest BCUT2D eigenvalue weighted by molar-refractivity contribution is -0.129. The first-order valence-corrected chi connectivity index (χ1v) is 4.06. The van der Waals surface area contributed by atoms with Crippen molar-refractivity contribution in [3.05, 3.63) is 11.6 Å². The number of rotatable bonds is 0. The first-order valence-electron chi connectivity index (χ1n) is 4.06. The summed E-state index contributed by atoms with van der Waals surface area (Å²) in [4.78, 5) is 12.9. The highest BCUT2D eigenvalue weighted by Crippen LogP contribution is 2.21. The Labute approximate surface area is 67.9 Å². The molecule has 0 N–H and O–H groups in total. The smallest absolute Gasteiger partial charge is 0.219 e. The van der Waals surface area contributed by atoms with Gasteiger partial charge in [-0.15, -0.1) is 0 Å². The molecule has 1 aliphatic rings. The fourth-order valence-electron chi connectivity index (χ4n) is 1.56. The second kappa shape index (κ2) is 3.07. The topological polar surface area (TPSA) is 20.3 Å². The van der Waals surface area contributed by atoms with E-state index in [1.807, 2.05) is 11.8 Å². The monoisotopic (exact) mass is 153 g/mol. The molecule has 0 aromatic heterocycles. The van der Waals surface area contributed by atoms with Gasteiger partial charge < -0.3 is 4.90 Å². The number of allylic oxidation sites excluding steroid dienone is 1. The lowest BCUT2D eigenvalue weighted by Crippen LogP contribution is -2.31. The van der Waals surface area contributed by atoms with E-state index in [1.165, 1.54) is 5.57 Å². The quantitative estimate of drug-likeness (QED) is 0.484. The van der Waals surface area contributed by atoms with Crippen LogP contribution in [0.1, 0.15) is 27.2 Å². The van der Waals surface area contributed by atoms with E-state index in [4.69, 9.17) is 0 Å². The van der Waals surface area contributed by atoms with E-state index in [9.17, 15) is 4.79 Å². The molecule has 0 saturated carbocycles. The summed E-state index contributed by atoms with van der Waals surface area (Å²) >= 11 is 0. The van der Waals surface area contributed by atoms with Crippen molar-refractivity contribution in [1.82, 2.24) is 4.90 Å². The van der Waals surface area contributed by atoms with Crippen molar-refractivity contribution in [2.45, 2.75) is 33.2 Å². The molecule has 1 heterocycles. The van der Waals surface area contributed by atoms with E-state index in [1.54, 1.807) is 6.92 Å². The minimum absolute atomic E-state index is 0.189. The van der Waals surface area contributed by atoms with E-state index >= 15 is 0 Å². The highest BCUT2D eigenvalue weighted by Gasteiger charge is 2.25. The average molecular weight is 153 g/mol. The van der Waals surface area contributed by atoms with E-state index in [-0.39, 0.29) is 5.91 Å². The number of carbonyl (C=O) groups is 1. The van der Waals surface area contributed by atoms with Crippen LogP contribution in [0.5, 0.6) is 0 Å². The Bertz CT molecular complexity index is 196. The van der Waals surface area contributed by atoms with Crippen molar-refractivity contribution in [3.8, 4) is 0 Å². The summed E-state index contributed by atoms with van der Waals surface area (Å²) < 4.78 is 0. The molecule has 0 aromatic rings. The van der Waals surface area contributed by atoms with Gasteiger partial charge in [0.15, 0.2) is 0 Å². The van der Waals surface area contributed by atoms with Crippen LogP contribution in [0.25, 0.3) is 0 Å². The van der Waals surface area contributed by atoms with Gasteiger partial charge in [0.1, 0.15) is 0 Å². The fraction of sp³-hybridized carbons (Fsp3) is 0.667. The van der Waals surface area contributed by atoms with E-state index < -0.39 is 0 Å². The Hall–Kier alpha value is -0.790. The van der Waals surface area contributed by atoms with Gasteiger partial charge in [-0.25, -0.2) is 0 Å². The van der Waals surface area contributed by atoms with Gasteiger partial charge in [0.05, 0.1) is 0 Å². The maximum atomic E-state index is 11.0. The Balaban J connectivity index is 2.66. The minimum atomic E-state index is 0.189. The van der Waals surface area contributed by atoms with Gasteiger partial charge in [0.2, 0.25) is 5.91 Å². The van der Waals surface area contributed by atoms with Crippen LogP contribution in [-0.4, -0.2) is 23.4 Å². The molecular formula is C9H15NO. The number of hydrogen-bond acceptors (Lipinski definition) is 1. The molecule has 0 unspecified atom stereocenters. The number of hydrogen-bond donors (Lipinski definition) is 0. The molecule has 2 heteroatoms. The van der Waals surface area contributed by atoms with Crippen LogP contribution in [0, 0.1) is 0 Å². The molecule has 0 spiro atoms. The zero-order valence-corrected chi connectivity index (χ0v) is 7.42. The molecule has 1 amide bonds. The summed E-state index contributed by atoms with van der Waals surface area (Å²) in [5, 5.41) is 0. The SMILES string of the molecule is C/C=C1\C[C@@H](C)N(C(C)=O)C1. The highest BCUT2D eigenvalue weighted by atomic mass is 16.2. The lowest BCUT2D eigenvalue weighted by Gasteiger charge is -2.18. The van der Waals surface area contributed by atoms with Crippen molar-refractivity contribution in [2.75, 3.05) is 6.54 Å². The Morgan fingerprint density at radius 1 is 1.73 bits per heavy atom. The first kappa shape index (κ1) is 8.31. The molecule has 11 heavy (non-hydrogen) atoms. The van der Waals surface area contributed by atoms with Gasteiger partial charge in [-0.05, 0) is 20.3 Å². The Kier molecular flexibility index (Phi) is 2.32. The van der Waals surface area contributed by atoms with Crippen molar-refractivity contribution in [3.63, 3.8) is 0 Å². The molecule has 1 saturated heterocycles. The predicted molar refractivity (Wildman–Crippen MR) is 45.2 cm³/mol. The van der Waals surface area contributed by atoms with Crippen LogP contribution in [0.4, 0.5) is 0 Å². The van der Waals surface area contributed by atoms with Crippen LogP contribution in [0.15, 0.2) is 11.6 Å². The molecule has 1 fully saturated rings. The third-order valence-corrected chi connectivity index (χ3v) is 2.28. The van der Waals surface area contributed by atoms with Crippen LogP contribution >= 0.6 is 0 Å². The van der Waals surface area contributed by atoms with Crippen molar-refractivity contribution in [1.29, 1.82) is 0 Å². The van der Waals surface area contributed by atoms with Crippen LogP contribution < -0.4 is 0 Å². The number of carbonyl (C=O) groups excluding carboxylic acids is 1. The fourth-order valence-corrected chi connectivity index (χ4v) is 1.56. The molecule has 1 aliphatic heterocycles. The Morgan fingerprint density at radius 3 is 2.64 bits per heavy atom. The van der Waals surface area contributed by atoms with Gasteiger partial charge in [0.25, 0.3) is 0 Å². The summed E-state index contributed by atoms with van der Waals surface area (Å²) in [5.74, 6) is 0.189. The molecular weight excluding hydrogens is 138 g/mol. The maximum Gasteiger partial charge on any atom is 0.219 e.